The fourth-order valence-corrected chi connectivity index (χ4v) is 5.21. The molecule has 92 valence electrons. The van der Waals surface area contributed by atoms with Crippen molar-refractivity contribution < 1.29 is 17.8 Å². The molecule has 0 spiro atoms. The third-order valence-electron chi connectivity index (χ3n) is 4.86. The van der Waals surface area contributed by atoms with Gasteiger partial charge in [0, 0.05) is 11.3 Å². The van der Waals surface area contributed by atoms with E-state index >= 15 is 0 Å². The summed E-state index contributed by atoms with van der Waals surface area (Å²) in [6.07, 6.45) is 1.19. The van der Waals surface area contributed by atoms with Crippen LogP contribution < -0.4 is 0 Å². The van der Waals surface area contributed by atoms with Crippen molar-refractivity contribution in [2.75, 3.05) is 0 Å². The summed E-state index contributed by atoms with van der Waals surface area (Å²) in [6.45, 7) is 5.43. The zero-order chi connectivity index (χ0) is 12.6. The Morgan fingerprint density at radius 3 is 2.12 bits per heavy atom. The smallest absolute Gasteiger partial charge is 0.292 e. The van der Waals surface area contributed by atoms with Crippen LogP contribution >= 0.6 is 11.6 Å². The second-order valence-corrected chi connectivity index (χ2v) is 8.01. The normalized spacial score (nSPS) is 46.3. The second-order valence-electron chi connectivity index (χ2n) is 5.59. The van der Waals surface area contributed by atoms with Gasteiger partial charge in [-0.3, -0.25) is 9.35 Å². The first-order valence-electron chi connectivity index (χ1n) is 5.20. The van der Waals surface area contributed by atoms with E-state index in [1.54, 1.807) is 6.92 Å². The van der Waals surface area contributed by atoms with Gasteiger partial charge in [0.15, 0.2) is 5.78 Å². The molecule has 0 aromatic heterocycles. The van der Waals surface area contributed by atoms with Gasteiger partial charge in [0.1, 0.15) is 0 Å². The zero-order valence-electron chi connectivity index (χ0n) is 9.45. The Kier molecular flexibility index (Phi) is 2.17. The van der Waals surface area contributed by atoms with Crippen LogP contribution in [0.4, 0.5) is 0 Å². The number of alkyl halides is 1. The molecular weight excluding hydrogens is 252 g/mol. The van der Waals surface area contributed by atoms with E-state index in [2.05, 4.69) is 0 Å². The van der Waals surface area contributed by atoms with E-state index in [-0.39, 0.29) is 0 Å². The molecule has 0 radical (unpaired) electrons. The predicted molar refractivity (Wildman–Crippen MR) is 59.8 cm³/mol. The second kappa shape index (κ2) is 2.82. The van der Waals surface area contributed by atoms with Crippen LogP contribution in [0.15, 0.2) is 0 Å². The Bertz CT molecular complexity index is 469. The number of hydrogen-bond acceptors (Lipinski definition) is 3. The Balaban J connectivity index is 2.70. The highest BCUT2D eigenvalue weighted by atomic mass is 35.5. The van der Waals surface area contributed by atoms with Gasteiger partial charge in [-0.05, 0) is 18.3 Å². The fourth-order valence-electron chi connectivity index (χ4n) is 3.39. The van der Waals surface area contributed by atoms with Crippen LogP contribution in [0, 0.1) is 16.7 Å². The van der Waals surface area contributed by atoms with E-state index in [4.69, 9.17) is 11.6 Å². The van der Waals surface area contributed by atoms with Crippen molar-refractivity contribution >= 4 is 27.5 Å². The molecule has 0 aromatic rings. The van der Waals surface area contributed by atoms with Crippen LogP contribution in [0.2, 0.25) is 0 Å². The van der Waals surface area contributed by atoms with Gasteiger partial charge in [-0.15, -0.1) is 0 Å². The van der Waals surface area contributed by atoms with Crippen LogP contribution in [-0.4, -0.2) is 23.0 Å². The molecule has 2 bridgehead atoms. The molecule has 0 heterocycles. The first kappa shape index (κ1) is 12.3. The Morgan fingerprint density at radius 2 is 1.88 bits per heavy atom. The number of rotatable bonds is 1. The number of carbonyl (C=O) groups is 1. The van der Waals surface area contributed by atoms with Crippen LogP contribution in [0.1, 0.15) is 33.6 Å². The average Bonchev–Trinajstić information content (AvgIpc) is 2.39. The lowest BCUT2D eigenvalue weighted by Gasteiger charge is -2.31. The van der Waals surface area contributed by atoms with Crippen LogP contribution in [0.25, 0.3) is 0 Å². The molecule has 0 saturated heterocycles. The molecule has 0 amide bonds. The number of hydrogen-bond donors (Lipinski definition) is 1. The van der Waals surface area contributed by atoms with Gasteiger partial charge in [0.25, 0.3) is 10.1 Å². The maximum atomic E-state index is 12.2. The predicted octanol–water partition coefficient (Wildman–Crippen LogP) is 1.83. The van der Waals surface area contributed by atoms with Gasteiger partial charge in [-0.25, -0.2) is 0 Å². The van der Waals surface area contributed by atoms with Crippen molar-refractivity contribution in [1.29, 1.82) is 0 Å². The minimum atomic E-state index is -4.58. The van der Waals surface area contributed by atoms with Crippen molar-refractivity contribution in [3.05, 3.63) is 0 Å². The molecule has 2 rings (SSSR count). The first-order valence-corrected chi connectivity index (χ1v) is 7.02. The first-order chi connectivity index (χ1) is 6.99. The van der Waals surface area contributed by atoms with Gasteiger partial charge >= 0.3 is 0 Å². The van der Waals surface area contributed by atoms with Crippen molar-refractivity contribution in [3.63, 3.8) is 0 Å². The van der Waals surface area contributed by atoms with Crippen LogP contribution in [-0.2, 0) is 14.9 Å². The quantitative estimate of drug-likeness (QED) is 0.581. The van der Waals surface area contributed by atoms with E-state index in [0.717, 1.165) is 0 Å². The average molecular weight is 267 g/mol. The van der Waals surface area contributed by atoms with E-state index in [9.17, 15) is 17.8 Å². The minimum absolute atomic E-state index is 0.498. The fraction of sp³-hybridized carbons (Fsp3) is 0.900. The number of carbonyl (C=O) groups excluding carboxylic acids is 1. The molecule has 3 atom stereocenters. The molecule has 16 heavy (non-hydrogen) atoms. The molecule has 6 heteroatoms. The summed E-state index contributed by atoms with van der Waals surface area (Å²) in [5, 5.41) is 0. The molecule has 3 unspecified atom stereocenters. The third-order valence-corrected chi connectivity index (χ3v) is 7.10. The van der Waals surface area contributed by atoms with Gasteiger partial charge < -0.3 is 0 Å². The van der Waals surface area contributed by atoms with Gasteiger partial charge in [0.2, 0.25) is 4.21 Å². The summed E-state index contributed by atoms with van der Waals surface area (Å²) in [5.41, 5.74) is -1.25. The molecule has 4 nitrogen and oxygen atoms in total. The van der Waals surface area contributed by atoms with Crippen molar-refractivity contribution in [3.8, 4) is 0 Å². The molecule has 2 fully saturated rings. The van der Waals surface area contributed by atoms with E-state index in [1.807, 2.05) is 13.8 Å². The molecule has 2 saturated carbocycles. The summed E-state index contributed by atoms with van der Waals surface area (Å²) < 4.78 is 29.9. The molecule has 0 aromatic carbocycles. The van der Waals surface area contributed by atoms with Crippen LogP contribution in [0.3, 0.4) is 0 Å². The topological polar surface area (TPSA) is 71.4 Å². The minimum Gasteiger partial charge on any atom is -0.296 e. The summed E-state index contributed by atoms with van der Waals surface area (Å²) in [5.74, 6) is -1.07. The SMILES string of the molecule is CC12CCC(C1(C)C)C(Cl)(S(=O)(=O)O)C2=O. The standard InChI is InChI=1S/C10H15ClO4S/c1-8(2)6-4-5-9(8,3)7(12)10(6,11)16(13,14)15/h6H,4-5H2,1-3H3,(H,13,14,15). The van der Waals surface area contributed by atoms with E-state index < -0.39 is 36.9 Å². The molecule has 2 aliphatic carbocycles. The number of fused-ring (bicyclic) bond motifs is 2. The van der Waals surface area contributed by atoms with Gasteiger partial charge in [0.05, 0.1) is 0 Å². The lowest BCUT2D eigenvalue weighted by atomic mass is 9.70. The summed E-state index contributed by atoms with van der Waals surface area (Å²) in [7, 11) is -4.58. The molecule has 2 aliphatic rings. The third kappa shape index (κ3) is 1.00. The van der Waals surface area contributed by atoms with Crippen molar-refractivity contribution in [2.45, 2.75) is 37.8 Å². The lowest BCUT2D eigenvalue weighted by molar-refractivity contribution is -0.128. The van der Waals surface area contributed by atoms with Crippen molar-refractivity contribution in [1.82, 2.24) is 0 Å². The number of Topliss-reactive ketones (excluding diaryl/α,β-unsaturated/α-hetero) is 1. The highest BCUT2D eigenvalue weighted by Gasteiger charge is 2.77. The Labute approximate surface area is 100 Å². The Hall–Kier alpha value is -0.130. The summed E-state index contributed by atoms with van der Waals surface area (Å²) >= 11 is 5.98. The molecule has 1 N–H and O–H groups in total. The van der Waals surface area contributed by atoms with E-state index in [1.165, 1.54) is 0 Å². The zero-order valence-corrected chi connectivity index (χ0v) is 11.0. The highest BCUT2D eigenvalue weighted by molar-refractivity contribution is 7.89. The van der Waals surface area contributed by atoms with Crippen LogP contribution in [0.5, 0.6) is 0 Å². The maximum Gasteiger partial charge on any atom is 0.292 e. The maximum absolute atomic E-state index is 12.2. The van der Waals surface area contributed by atoms with Gasteiger partial charge in [-0.1, -0.05) is 32.4 Å². The number of halogens is 1. The van der Waals surface area contributed by atoms with Gasteiger partial charge in [-0.2, -0.15) is 8.42 Å². The Morgan fingerprint density at radius 1 is 1.38 bits per heavy atom. The largest absolute Gasteiger partial charge is 0.296 e. The molecule has 0 aliphatic heterocycles. The van der Waals surface area contributed by atoms with Crippen molar-refractivity contribution in [2.24, 2.45) is 16.7 Å². The summed E-state index contributed by atoms with van der Waals surface area (Å²) in [6, 6.07) is 0. The summed E-state index contributed by atoms with van der Waals surface area (Å²) in [4.78, 5) is 12.2. The lowest BCUT2D eigenvalue weighted by Crippen LogP contribution is -2.47. The monoisotopic (exact) mass is 266 g/mol. The highest BCUT2D eigenvalue weighted by Crippen LogP contribution is 2.69. The van der Waals surface area contributed by atoms with E-state index in [0.29, 0.717) is 12.8 Å². The number of ketones is 1. The molecular formula is C10H15ClO4S.